The largest absolute Gasteiger partial charge is 0.310 e. The van der Waals surface area contributed by atoms with Crippen LogP contribution in [0.2, 0.25) is 0 Å². The summed E-state index contributed by atoms with van der Waals surface area (Å²) in [7, 11) is 0. The second kappa shape index (κ2) is 16.0. The Labute approximate surface area is 469 Å². The van der Waals surface area contributed by atoms with Crippen molar-refractivity contribution in [2.45, 2.75) is 77.0 Å². The molecule has 5 aliphatic carbocycles. The van der Waals surface area contributed by atoms with Crippen LogP contribution in [0.1, 0.15) is 116 Å². The molecule has 0 radical (unpaired) electrons. The van der Waals surface area contributed by atoms with E-state index in [9.17, 15) is 0 Å². The van der Waals surface area contributed by atoms with Gasteiger partial charge < -0.3 is 9.80 Å². The summed E-state index contributed by atoms with van der Waals surface area (Å²) in [4.78, 5) is 20.5. The van der Waals surface area contributed by atoms with Crippen molar-refractivity contribution in [2.75, 3.05) is 9.80 Å². The maximum absolute atomic E-state index is 15.7. The lowest BCUT2D eigenvalue weighted by molar-refractivity contribution is 0.104. The summed E-state index contributed by atoms with van der Waals surface area (Å²) in [5.41, 5.74) is 29.9. The van der Waals surface area contributed by atoms with Gasteiger partial charge in [0.25, 0.3) is 0 Å². The Hall–Kier alpha value is -9.05. The van der Waals surface area contributed by atoms with E-state index in [0.717, 1.165) is 61.6 Å². The number of rotatable bonds is 6. The van der Waals surface area contributed by atoms with Crippen molar-refractivity contribution in [2.24, 2.45) is 0 Å². The van der Waals surface area contributed by atoms with Crippen LogP contribution >= 0.6 is 0 Å². The Bertz CT molecular complexity index is 4370. The Morgan fingerprint density at radius 3 is 0.963 bits per heavy atom. The highest BCUT2D eigenvalue weighted by Gasteiger charge is 2.41. The van der Waals surface area contributed by atoms with E-state index in [1.165, 1.54) is 89.0 Å². The van der Waals surface area contributed by atoms with Gasteiger partial charge in [-0.3, -0.25) is 4.79 Å². The molecule has 0 heterocycles. The third-order valence-corrected chi connectivity index (χ3v) is 19.6. The summed E-state index contributed by atoms with van der Waals surface area (Å²) in [5.74, 6) is 0.0359. The molecule has 0 saturated carbocycles. The van der Waals surface area contributed by atoms with Crippen molar-refractivity contribution in [1.29, 1.82) is 0 Å². The van der Waals surface area contributed by atoms with Gasteiger partial charge >= 0.3 is 0 Å². The van der Waals surface area contributed by atoms with Crippen molar-refractivity contribution in [3.05, 3.63) is 274 Å². The standard InChI is InChI=1S/C77H60N2O/c1-74(2)63-24-13-9-18-51(63)55-34-29-46(41-67(55)74)78(47-30-35-56-52-19-10-14-25-64(52)75(3,4)68(56)42-47)45-28-33-50-59-38-39-71(60-22-17-23-61(72(59)60)73(80)62(50)40-45)79(48-31-36-57-53-20-11-15-26-65(53)76(5,6)69(57)43-48)49-32-37-58-54-21-12-16-27-66(54)77(7,8)70(58)44-49/h9-44H,1-8H3. The SMILES string of the molecule is CC1(C)c2ccccc2-c2ccc(N(c3ccc4c(c3)C(=O)c3cccc5c(N(c6ccc7c(c6)C(C)(C)c6ccccc6-7)c6ccc7c(c6)C(C)(C)c6ccccc6-7)ccc-4c35)c3ccc4c(c3)C(C)(C)c3ccccc3-4)cc21. The molecule has 80 heavy (non-hydrogen) atoms. The molecule has 0 bridgehead atoms. The van der Waals surface area contributed by atoms with Gasteiger partial charge in [-0.15, -0.1) is 0 Å². The maximum atomic E-state index is 15.7. The van der Waals surface area contributed by atoms with E-state index in [1.54, 1.807) is 0 Å². The number of hydrogen-bond donors (Lipinski definition) is 0. The maximum Gasteiger partial charge on any atom is 0.194 e. The number of benzene rings is 11. The monoisotopic (exact) mass is 1030 g/mol. The Morgan fingerprint density at radius 2 is 0.562 bits per heavy atom. The lowest BCUT2D eigenvalue weighted by Crippen LogP contribution is -2.19. The average molecular weight is 1030 g/mol. The Balaban J connectivity index is 0.865. The molecule has 0 N–H and O–H groups in total. The minimum Gasteiger partial charge on any atom is -0.310 e. The molecule has 3 heteroatoms. The topological polar surface area (TPSA) is 23.6 Å². The van der Waals surface area contributed by atoms with Crippen molar-refractivity contribution < 1.29 is 4.79 Å². The molecule has 11 aromatic rings. The van der Waals surface area contributed by atoms with E-state index in [0.29, 0.717) is 5.56 Å². The minimum absolute atomic E-state index is 0.0359. The van der Waals surface area contributed by atoms with Gasteiger partial charge in [0.2, 0.25) is 0 Å². The van der Waals surface area contributed by atoms with Gasteiger partial charge in [0.15, 0.2) is 5.78 Å². The summed E-state index contributed by atoms with van der Waals surface area (Å²) in [6.45, 7) is 18.8. The molecule has 0 atom stereocenters. The normalized spacial score (nSPS) is 15.9. The van der Waals surface area contributed by atoms with Gasteiger partial charge in [0, 0.05) is 72.0 Å². The zero-order valence-corrected chi connectivity index (χ0v) is 46.6. The van der Waals surface area contributed by atoms with Crippen LogP contribution in [-0.2, 0) is 21.7 Å². The number of anilines is 6. The van der Waals surface area contributed by atoms with Crippen LogP contribution in [-0.4, -0.2) is 5.78 Å². The van der Waals surface area contributed by atoms with Gasteiger partial charge in [0.05, 0.1) is 5.69 Å². The van der Waals surface area contributed by atoms with Crippen LogP contribution in [0, 0.1) is 0 Å². The second-order valence-corrected chi connectivity index (χ2v) is 25.2. The summed E-state index contributed by atoms with van der Waals surface area (Å²) in [6, 6.07) is 81.0. The van der Waals surface area contributed by atoms with Crippen LogP contribution in [0.3, 0.4) is 0 Å². The van der Waals surface area contributed by atoms with E-state index in [2.05, 4.69) is 278 Å². The van der Waals surface area contributed by atoms with Gasteiger partial charge in [-0.25, -0.2) is 0 Å². The number of carbonyl (C=O) groups excluding carboxylic acids is 1. The lowest BCUT2D eigenvalue weighted by Gasteiger charge is -2.32. The Morgan fingerprint density at radius 1 is 0.250 bits per heavy atom. The van der Waals surface area contributed by atoms with Gasteiger partial charge in [-0.1, -0.05) is 207 Å². The summed E-state index contributed by atoms with van der Waals surface area (Å²) >= 11 is 0. The van der Waals surface area contributed by atoms with Crippen molar-refractivity contribution in [3.8, 4) is 55.6 Å². The van der Waals surface area contributed by atoms with Crippen LogP contribution in [0.4, 0.5) is 34.1 Å². The molecule has 16 rings (SSSR count). The first-order chi connectivity index (χ1) is 38.6. The van der Waals surface area contributed by atoms with Crippen molar-refractivity contribution in [3.63, 3.8) is 0 Å². The van der Waals surface area contributed by atoms with Crippen LogP contribution in [0.25, 0.3) is 66.4 Å². The molecule has 384 valence electrons. The van der Waals surface area contributed by atoms with E-state index in [4.69, 9.17) is 0 Å². The van der Waals surface area contributed by atoms with Crippen molar-refractivity contribution >= 4 is 50.7 Å². The molecule has 0 fully saturated rings. The quantitative estimate of drug-likeness (QED) is 0.166. The number of fused-ring (bicyclic) bond motifs is 14. The molecule has 0 amide bonds. The minimum atomic E-state index is -0.191. The lowest BCUT2D eigenvalue weighted by atomic mass is 9.81. The molecule has 0 unspecified atom stereocenters. The van der Waals surface area contributed by atoms with E-state index in [1.807, 2.05) is 6.07 Å². The number of nitrogens with zero attached hydrogens (tertiary/aromatic N) is 2. The predicted molar refractivity (Wildman–Crippen MR) is 332 cm³/mol. The Kier molecular flexibility index (Phi) is 9.43. The zero-order valence-electron chi connectivity index (χ0n) is 46.6. The number of hydrogen-bond acceptors (Lipinski definition) is 3. The fourth-order valence-corrected chi connectivity index (χ4v) is 15.4. The molecule has 0 spiro atoms. The molecular formula is C77H60N2O. The highest BCUT2D eigenvalue weighted by molar-refractivity contribution is 6.28. The highest BCUT2D eigenvalue weighted by Crippen LogP contribution is 2.57. The first-order valence-electron chi connectivity index (χ1n) is 28.5. The third-order valence-electron chi connectivity index (χ3n) is 19.6. The predicted octanol–water partition coefficient (Wildman–Crippen LogP) is 20.2. The number of ketones is 1. The molecule has 11 aromatic carbocycles. The molecular weight excluding hydrogens is 969 g/mol. The molecule has 5 aliphatic rings. The highest BCUT2D eigenvalue weighted by atomic mass is 16.1. The van der Waals surface area contributed by atoms with E-state index >= 15 is 4.79 Å². The second-order valence-electron chi connectivity index (χ2n) is 25.2. The van der Waals surface area contributed by atoms with Crippen LogP contribution in [0.5, 0.6) is 0 Å². The smallest absolute Gasteiger partial charge is 0.194 e. The summed E-state index contributed by atoms with van der Waals surface area (Å²) in [6.07, 6.45) is 0. The summed E-state index contributed by atoms with van der Waals surface area (Å²) < 4.78 is 0. The van der Waals surface area contributed by atoms with E-state index < -0.39 is 0 Å². The van der Waals surface area contributed by atoms with Gasteiger partial charge in [0.1, 0.15) is 0 Å². The van der Waals surface area contributed by atoms with Crippen molar-refractivity contribution in [1.82, 2.24) is 0 Å². The number of carbonyl (C=O) groups is 1. The first-order valence-corrected chi connectivity index (χ1v) is 28.5. The fraction of sp³-hybridized carbons (Fsp3) is 0.156. The van der Waals surface area contributed by atoms with E-state index in [-0.39, 0.29) is 27.4 Å². The first kappa shape index (κ1) is 47.0. The molecule has 0 saturated heterocycles. The summed E-state index contributed by atoms with van der Waals surface area (Å²) in [5, 5.41) is 2.03. The zero-order chi connectivity index (χ0) is 54.4. The molecule has 0 aliphatic heterocycles. The molecule has 3 nitrogen and oxygen atoms in total. The van der Waals surface area contributed by atoms with Gasteiger partial charge in [-0.05, 0) is 167 Å². The van der Waals surface area contributed by atoms with Crippen LogP contribution < -0.4 is 9.80 Å². The fourth-order valence-electron chi connectivity index (χ4n) is 15.4. The van der Waals surface area contributed by atoms with Crippen LogP contribution in [0.15, 0.2) is 218 Å². The molecule has 0 aromatic heterocycles. The average Bonchev–Trinajstić information content (AvgIpc) is 3.76. The third kappa shape index (κ3) is 6.18. The van der Waals surface area contributed by atoms with Gasteiger partial charge in [-0.2, -0.15) is 0 Å².